The van der Waals surface area contributed by atoms with Gasteiger partial charge < -0.3 is 15.2 Å². The molecule has 0 saturated heterocycles. The molecule has 0 spiro atoms. The molecule has 18 heavy (non-hydrogen) atoms. The smallest absolute Gasteiger partial charge is 0.161 e. The number of benzene rings is 1. The van der Waals surface area contributed by atoms with E-state index in [1.54, 1.807) is 7.11 Å². The van der Waals surface area contributed by atoms with E-state index in [4.69, 9.17) is 15.2 Å². The average molecular weight is 314 g/mol. The molecule has 1 aromatic carbocycles. The van der Waals surface area contributed by atoms with Crippen LogP contribution in [-0.4, -0.2) is 19.8 Å². The van der Waals surface area contributed by atoms with Crippen molar-refractivity contribution in [1.29, 1.82) is 0 Å². The minimum atomic E-state index is 0.126. The summed E-state index contributed by atoms with van der Waals surface area (Å²) >= 11 is 3.61. The quantitative estimate of drug-likeness (QED) is 0.907. The average Bonchev–Trinajstić information content (AvgIpc) is 3.11. The van der Waals surface area contributed by atoms with Crippen molar-refractivity contribution in [2.75, 3.05) is 13.7 Å². The van der Waals surface area contributed by atoms with Crippen molar-refractivity contribution in [3.05, 3.63) is 22.2 Å². The molecule has 0 unspecified atom stereocenters. The second-order valence-corrected chi connectivity index (χ2v) is 5.99. The van der Waals surface area contributed by atoms with Crippen LogP contribution in [0.15, 0.2) is 16.6 Å². The standard InChI is InChI=1S/C14H20BrNO2/c1-9(2)18-13-6-10(14(8-16)4-5-14)11(15)7-12(13)17-3/h6-7,9H,4-5,8,16H2,1-3H3. The van der Waals surface area contributed by atoms with Gasteiger partial charge in [-0.15, -0.1) is 0 Å². The topological polar surface area (TPSA) is 44.5 Å². The number of methoxy groups -OCH3 is 1. The summed E-state index contributed by atoms with van der Waals surface area (Å²) in [6, 6.07) is 4.05. The number of hydrogen-bond acceptors (Lipinski definition) is 3. The molecule has 1 saturated carbocycles. The molecular weight excluding hydrogens is 294 g/mol. The summed E-state index contributed by atoms with van der Waals surface area (Å²) in [7, 11) is 1.66. The van der Waals surface area contributed by atoms with Gasteiger partial charge in [-0.3, -0.25) is 0 Å². The van der Waals surface area contributed by atoms with Crippen LogP contribution in [0.25, 0.3) is 0 Å². The molecule has 0 radical (unpaired) electrons. The van der Waals surface area contributed by atoms with Crippen molar-refractivity contribution in [2.24, 2.45) is 5.73 Å². The third-order valence-electron chi connectivity index (χ3n) is 3.43. The van der Waals surface area contributed by atoms with Gasteiger partial charge in [-0.2, -0.15) is 0 Å². The molecule has 100 valence electrons. The Labute approximate surface area is 117 Å². The van der Waals surface area contributed by atoms with Crippen LogP contribution in [0.5, 0.6) is 11.5 Å². The first-order chi connectivity index (χ1) is 8.52. The Bertz CT molecular complexity index is 442. The number of halogens is 1. The molecule has 2 N–H and O–H groups in total. The molecule has 1 aromatic rings. The summed E-state index contributed by atoms with van der Waals surface area (Å²) in [5.41, 5.74) is 7.28. The van der Waals surface area contributed by atoms with E-state index in [-0.39, 0.29) is 11.5 Å². The van der Waals surface area contributed by atoms with Crippen molar-refractivity contribution >= 4 is 15.9 Å². The number of rotatable bonds is 5. The summed E-state index contributed by atoms with van der Waals surface area (Å²) in [5.74, 6) is 1.55. The van der Waals surface area contributed by atoms with Gasteiger partial charge in [0.2, 0.25) is 0 Å². The summed E-state index contributed by atoms with van der Waals surface area (Å²) in [6.07, 6.45) is 2.42. The van der Waals surface area contributed by atoms with Crippen molar-refractivity contribution < 1.29 is 9.47 Å². The second-order valence-electron chi connectivity index (χ2n) is 5.13. The van der Waals surface area contributed by atoms with Crippen LogP contribution in [0.3, 0.4) is 0 Å². The predicted octanol–water partition coefficient (Wildman–Crippen LogP) is 3.24. The molecule has 4 heteroatoms. The van der Waals surface area contributed by atoms with Gasteiger partial charge >= 0.3 is 0 Å². The van der Waals surface area contributed by atoms with Crippen LogP contribution in [-0.2, 0) is 5.41 Å². The van der Waals surface area contributed by atoms with Crippen LogP contribution in [0.2, 0.25) is 0 Å². The van der Waals surface area contributed by atoms with Crippen LogP contribution < -0.4 is 15.2 Å². The van der Waals surface area contributed by atoms with Crippen LogP contribution in [0, 0.1) is 0 Å². The lowest BCUT2D eigenvalue weighted by Gasteiger charge is -2.20. The van der Waals surface area contributed by atoms with Crippen molar-refractivity contribution in [3.63, 3.8) is 0 Å². The fourth-order valence-electron chi connectivity index (χ4n) is 2.18. The Kier molecular flexibility index (Phi) is 3.87. The van der Waals surface area contributed by atoms with E-state index in [0.717, 1.165) is 28.8 Å². The molecule has 3 nitrogen and oxygen atoms in total. The van der Waals surface area contributed by atoms with Gasteiger partial charge in [-0.25, -0.2) is 0 Å². The van der Waals surface area contributed by atoms with Gasteiger partial charge in [0.05, 0.1) is 13.2 Å². The fourth-order valence-corrected chi connectivity index (χ4v) is 2.92. The van der Waals surface area contributed by atoms with Crippen LogP contribution >= 0.6 is 15.9 Å². The van der Waals surface area contributed by atoms with Crippen LogP contribution in [0.4, 0.5) is 0 Å². The first kappa shape index (κ1) is 13.7. The minimum Gasteiger partial charge on any atom is -0.493 e. The lowest BCUT2D eigenvalue weighted by atomic mass is 9.96. The maximum Gasteiger partial charge on any atom is 0.161 e. The highest BCUT2D eigenvalue weighted by molar-refractivity contribution is 9.10. The summed E-state index contributed by atoms with van der Waals surface area (Å²) in [4.78, 5) is 0. The van der Waals surface area contributed by atoms with E-state index in [1.165, 1.54) is 5.56 Å². The van der Waals surface area contributed by atoms with Gasteiger partial charge in [0.25, 0.3) is 0 Å². The molecular formula is C14H20BrNO2. The van der Waals surface area contributed by atoms with Gasteiger partial charge in [0, 0.05) is 16.4 Å². The largest absolute Gasteiger partial charge is 0.493 e. The molecule has 1 aliphatic carbocycles. The molecule has 1 aliphatic rings. The number of nitrogens with two attached hydrogens (primary N) is 1. The van der Waals surface area contributed by atoms with Crippen LogP contribution in [0.1, 0.15) is 32.3 Å². The van der Waals surface area contributed by atoms with E-state index in [1.807, 2.05) is 19.9 Å². The van der Waals surface area contributed by atoms with Gasteiger partial charge in [-0.05, 0) is 44.4 Å². The zero-order valence-corrected chi connectivity index (χ0v) is 12.7. The van der Waals surface area contributed by atoms with E-state index in [2.05, 4.69) is 22.0 Å². The predicted molar refractivity (Wildman–Crippen MR) is 76.4 cm³/mol. The van der Waals surface area contributed by atoms with Crippen molar-refractivity contribution in [2.45, 2.75) is 38.2 Å². The first-order valence-electron chi connectivity index (χ1n) is 6.27. The molecule has 0 amide bonds. The molecule has 0 heterocycles. The van der Waals surface area contributed by atoms with Gasteiger partial charge in [-0.1, -0.05) is 15.9 Å². The SMILES string of the molecule is COc1cc(Br)c(C2(CN)CC2)cc1OC(C)C. The van der Waals surface area contributed by atoms with Crippen molar-refractivity contribution in [1.82, 2.24) is 0 Å². The molecule has 2 rings (SSSR count). The Balaban J connectivity index is 2.42. The number of ether oxygens (including phenoxy) is 2. The Morgan fingerprint density at radius 1 is 1.33 bits per heavy atom. The van der Waals surface area contributed by atoms with Gasteiger partial charge in [0.1, 0.15) is 0 Å². The number of hydrogen-bond donors (Lipinski definition) is 1. The van der Waals surface area contributed by atoms with Crippen molar-refractivity contribution in [3.8, 4) is 11.5 Å². The Hall–Kier alpha value is -0.740. The van der Waals surface area contributed by atoms with E-state index in [9.17, 15) is 0 Å². The fraction of sp³-hybridized carbons (Fsp3) is 0.571. The highest BCUT2D eigenvalue weighted by atomic mass is 79.9. The molecule has 0 atom stereocenters. The zero-order chi connectivity index (χ0) is 13.3. The van der Waals surface area contributed by atoms with E-state index < -0.39 is 0 Å². The first-order valence-corrected chi connectivity index (χ1v) is 7.06. The maximum absolute atomic E-state index is 5.90. The Morgan fingerprint density at radius 3 is 2.44 bits per heavy atom. The van der Waals surface area contributed by atoms with Gasteiger partial charge in [0.15, 0.2) is 11.5 Å². The maximum atomic E-state index is 5.90. The molecule has 0 aromatic heterocycles. The molecule has 0 aliphatic heterocycles. The third-order valence-corrected chi connectivity index (χ3v) is 4.09. The summed E-state index contributed by atoms with van der Waals surface area (Å²) in [5, 5.41) is 0. The summed E-state index contributed by atoms with van der Waals surface area (Å²) in [6.45, 7) is 4.70. The highest BCUT2D eigenvalue weighted by Gasteiger charge is 2.44. The minimum absolute atomic E-state index is 0.126. The monoisotopic (exact) mass is 313 g/mol. The third kappa shape index (κ3) is 2.50. The molecule has 0 bridgehead atoms. The lowest BCUT2D eigenvalue weighted by molar-refractivity contribution is 0.229. The van der Waals surface area contributed by atoms with E-state index >= 15 is 0 Å². The summed E-state index contributed by atoms with van der Waals surface area (Å²) < 4.78 is 12.2. The zero-order valence-electron chi connectivity index (χ0n) is 11.1. The molecule has 1 fully saturated rings. The van der Waals surface area contributed by atoms with E-state index in [0.29, 0.717) is 6.54 Å². The Morgan fingerprint density at radius 2 is 2.00 bits per heavy atom. The normalized spacial score (nSPS) is 16.8. The second kappa shape index (κ2) is 5.10. The lowest BCUT2D eigenvalue weighted by Crippen LogP contribution is -2.20. The highest BCUT2D eigenvalue weighted by Crippen LogP contribution is 2.51.